The van der Waals surface area contributed by atoms with Gasteiger partial charge >= 0.3 is 0 Å². The minimum Gasteiger partial charge on any atom is -0.497 e. The normalized spacial score (nSPS) is 12.3. The smallest absolute Gasteiger partial charge is 0.231 e. The highest BCUT2D eigenvalue weighted by Gasteiger charge is 2.18. The Morgan fingerprint density at radius 1 is 0.919 bits per heavy atom. The maximum Gasteiger partial charge on any atom is 0.231 e. The molecule has 1 aromatic heterocycles. The van der Waals surface area contributed by atoms with Gasteiger partial charge in [0, 0.05) is 31.7 Å². The number of benzene rings is 3. The predicted octanol–water partition coefficient (Wildman–Crippen LogP) is 6.33. The van der Waals surface area contributed by atoms with Crippen LogP contribution in [0.2, 0.25) is 0 Å². The van der Waals surface area contributed by atoms with Gasteiger partial charge in [0.25, 0.3) is 0 Å². The molecule has 0 radical (unpaired) electrons. The Morgan fingerprint density at radius 3 is 2.49 bits per heavy atom. The molecule has 37 heavy (non-hydrogen) atoms. The third-order valence-corrected chi connectivity index (χ3v) is 6.81. The topological polar surface area (TPSA) is 48.8 Å². The number of hydrogen-bond donors (Lipinski definition) is 0. The number of methoxy groups -OCH3 is 1. The highest BCUT2D eigenvalue weighted by molar-refractivity contribution is 5.56. The standard InChI is InChI=1S/C31H35N3O3/c1-3-4-17-34-27(20-32-31(34)26-8-6-5-7-9-26)22-33(18-16-24-10-13-28(35-2)14-11-24)21-25-12-15-29-30(19-25)37-23-36-29/h5-15,19-20H,3-4,16-18,21-23H2,1-2H3. The second-order valence-corrected chi connectivity index (χ2v) is 9.44. The molecule has 0 saturated heterocycles. The van der Waals surface area contributed by atoms with Crippen LogP contribution in [-0.2, 0) is 26.1 Å². The highest BCUT2D eigenvalue weighted by Crippen LogP contribution is 2.33. The lowest BCUT2D eigenvalue weighted by atomic mass is 10.1. The van der Waals surface area contributed by atoms with Gasteiger partial charge in [-0.15, -0.1) is 0 Å². The van der Waals surface area contributed by atoms with Gasteiger partial charge < -0.3 is 18.8 Å². The van der Waals surface area contributed by atoms with E-state index < -0.39 is 0 Å². The summed E-state index contributed by atoms with van der Waals surface area (Å²) in [6.45, 7) is 6.03. The average molecular weight is 498 g/mol. The molecule has 0 spiro atoms. The quantitative estimate of drug-likeness (QED) is 0.229. The van der Waals surface area contributed by atoms with Gasteiger partial charge in [-0.05, 0) is 48.2 Å². The van der Waals surface area contributed by atoms with Crippen molar-refractivity contribution in [2.75, 3.05) is 20.4 Å². The summed E-state index contributed by atoms with van der Waals surface area (Å²) in [5.74, 6) is 3.57. The van der Waals surface area contributed by atoms with Crippen molar-refractivity contribution in [2.45, 2.75) is 45.8 Å². The van der Waals surface area contributed by atoms with Crippen LogP contribution in [0.3, 0.4) is 0 Å². The monoisotopic (exact) mass is 497 g/mol. The zero-order valence-corrected chi connectivity index (χ0v) is 21.7. The molecule has 1 aliphatic heterocycles. The van der Waals surface area contributed by atoms with Crippen LogP contribution in [0.4, 0.5) is 0 Å². The third kappa shape index (κ3) is 6.15. The van der Waals surface area contributed by atoms with E-state index in [0.29, 0.717) is 6.79 Å². The fraction of sp³-hybridized carbons (Fsp3) is 0.323. The molecule has 0 bridgehead atoms. The van der Waals surface area contributed by atoms with Gasteiger partial charge in [-0.1, -0.05) is 61.9 Å². The number of rotatable bonds is 12. The Bertz CT molecular complexity index is 1290. The fourth-order valence-corrected chi connectivity index (χ4v) is 4.74. The summed E-state index contributed by atoms with van der Waals surface area (Å²) >= 11 is 0. The lowest BCUT2D eigenvalue weighted by Crippen LogP contribution is -2.26. The van der Waals surface area contributed by atoms with Crippen LogP contribution < -0.4 is 14.2 Å². The molecule has 0 aliphatic carbocycles. The molecule has 0 unspecified atom stereocenters. The number of aromatic nitrogens is 2. The summed E-state index contributed by atoms with van der Waals surface area (Å²) in [7, 11) is 1.70. The van der Waals surface area contributed by atoms with Crippen LogP contribution in [0.15, 0.2) is 79.0 Å². The van der Waals surface area contributed by atoms with Crippen LogP contribution >= 0.6 is 0 Å². The predicted molar refractivity (Wildman–Crippen MR) is 146 cm³/mol. The number of imidazole rings is 1. The first-order valence-electron chi connectivity index (χ1n) is 13.1. The molecule has 3 aromatic carbocycles. The summed E-state index contributed by atoms with van der Waals surface area (Å²) in [4.78, 5) is 7.37. The number of nitrogens with zero attached hydrogens (tertiary/aromatic N) is 3. The SMILES string of the molecule is CCCCn1c(CN(CCc2ccc(OC)cc2)Cc2ccc3c(c2)OCO3)cnc1-c1ccccc1. The Morgan fingerprint density at radius 2 is 1.70 bits per heavy atom. The lowest BCUT2D eigenvalue weighted by molar-refractivity contribution is 0.174. The molecule has 6 nitrogen and oxygen atoms in total. The zero-order chi connectivity index (χ0) is 25.5. The van der Waals surface area contributed by atoms with E-state index in [1.54, 1.807) is 7.11 Å². The van der Waals surface area contributed by atoms with Crippen LogP contribution in [0.1, 0.15) is 36.6 Å². The Kier molecular flexibility index (Phi) is 8.06. The molecule has 4 aromatic rings. The average Bonchev–Trinajstić information content (AvgIpc) is 3.58. The van der Waals surface area contributed by atoms with Gasteiger partial charge in [-0.25, -0.2) is 4.98 Å². The maximum absolute atomic E-state index is 5.64. The molecule has 5 rings (SSSR count). The summed E-state index contributed by atoms with van der Waals surface area (Å²) in [5, 5.41) is 0. The molecule has 0 N–H and O–H groups in total. The molecule has 0 amide bonds. The summed E-state index contributed by atoms with van der Waals surface area (Å²) in [6.07, 6.45) is 5.27. The third-order valence-electron chi connectivity index (χ3n) is 6.81. The van der Waals surface area contributed by atoms with E-state index in [0.717, 1.165) is 74.1 Å². The number of hydrogen-bond acceptors (Lipinski definition) is 5. The van der Waals surface area contributed by atoms with Gasteiger partial charge in [0.1, 0.15) is 11.6 Å². The molecule has 6 heteroatoms. The van der Waals surface area contributed by atoms with Crippen molar-refractivity contribution in [3.63, 3.8) is 0 Å². The maximum atomic E-state index is 5.64. The summed E-state index contributed by atoms with van der Waals surface area (Å²) in [5.41, 5.74) is 4.90. The van der Waals surface area contributed by atoms with Gasteiger partial charge in [0.05, 0.1) is 19.0 Å². The van der Waals surface area contributed by atoms with E-state index in [9.17, 15) is 0 Å². The molecular formula is C31H35N3O3. The van der Waals surface area contributed by atoms with E-state index in [4.69, 9.17) is 19.2 Å². The zero-order valence-electron chi connectivity index (χ0n) is 21.7. The molecular weight excluding hydrogens is 462 g/mol. The van der Waals surface area contributed by atoms with Gasteiger partial charge in [0.2, 0.25) is 6.79 Å². The Hall–Kier alpha value is -3.77. The van der Waals surface area contributed by atoms with Crippen molar-refractivity contribution in [3.05, 3.63) is 95.8 Å². The number of fused-ring (bicyclic) bond motifs is 1. The first-order chi connectivity index (χ1) is 18.2. The van der Waals surface area contributed by atoms with Crippen molar-refractivity contribution in [1.82, 2.24) is 14.5 Å². The summed E-state index contributed by atoms with van der Waals surface area (Å²) in [6, 6.07) is 25.1. The molecule has 0 atom stereocenters. The van der Waals surface area contributed by atoms with Crippen molar-refractivity contribution in [3.8, 4) is 28.6 Å². The minimum absolute atomic E-state index is 0.291. The minimum atomic E-state index is 0.291. The first-order valence-corrected chi connectivity index (χ1v) is 13.1. The van der Waals surface area contributed by atoms with E-state index in [1.807, 2.05) is 18.2 Å². The van der Waals surface area contributed by atoms with Gasteiger partial charge in [-0.3, -0.25) is 4.90 Å². The second kappa shape index (κ2) is 12.0. The van der Waals surface area contributed by atoms with E-state index in [1.165, 1.54) is 16.8 Å². The largest absolute Gasteiger partial charge is 0.497 e. The Labute approximate surface area is 219 Å². The Balaban J connectivity index is 1.39. The number of unbranched alkanes of at least 4 members (excludes halogenated alkanes) is 1. The molecule has 192 valence electrons. The van der Waals surface area contributed by atoms with Gasteiger partial charge in [0.15, 0.2) is 11.5 Å². The number of ether oxygens (including phenoxy) is 3. The van der Waals surface area contributed by atoms with Crippen molar-refractivity contribution in [1.29, 1.82) is 0 Å². The first kappa shape index (κ1) is 24.9. The van der Waals surface area contributed by atoms with Crippen molar-refractivity contribution in [2.24, 2.45) is 0 Å². The summed E-state index contributed by atoms with van der Waals surface area (Å²) < 4.78 is 18.9. The van der Waals surface area contributed by atoms with Crippen LogP contribution in [0, 0.1) is 0 Å². The van der Waals surface area contributed by atoms with Gasteiger partial charge in [-0.2, -0.15) is 0 Å². The molecule has 2 heterocycles. The molecule has 0 saturated carbocycles. The second-order valence-electron chi connectivity index (χ2n) is 9.44. The van der Waals surface area contributed by atoms with Crippen LogP contribution in [0.25, 0.3) is 11.4 Å². The van der Waals surface area contributed by atoms with Crippen LogP contribution in [0.5, 0.6) is 17.2 Å². The molecule has 0 fully saturated rings. The lowest BCUT2D eigenvalue weighted by Gasteiger charge is -2.24. The van der Waals surface area contributed by atoms with E-state index >= 15 is 0 Å². The van der Waals surface area contributed by atoms with Crippen molar-refractivity contribution < 1.29 is 14.2 Å². The van der Waals surface area contributed by atoms with Crippen molar-refractivity contribution >= 4 is 0 Å². The van der Waals surface area contributed by atoms with E-state index in [2.05, 4.69) is 77.2 Å². The molecule has 1 aliphatic rings. The highest BCUT2D eigenvalue weighted by atomic mass is 16.7. The fourth-order valence-electron chi connectivity index (χ4n) is 4.74. The van der Waals surface area contributed by atoms with Crippen LogP contribution in [-0.4, -0.2) is 34.9 Å². The van der Waals surface area contributed by atoms with E-state index in [-0.39, 0.29) is 0 Å².